The lowest BCUT2D eigenvalue weighted by Crippen LogP contribution is -2.25. The molecule has 6 nitrogen and oxygen atoms in total. The molecule has 0 fully saturated rings. The summed E-state index contributed by atoms with van der Waals surface area (Å²) in [6.45, 7) is 2.55. The summed E-state index contributed by atoms with van der Waals surface area (Å²) in [6, 6.07) is 10.5. The number of ether oxygens (including phenoxy) is 1. The minimum Gasteiger partial charge on any atom is -0.507 e. The average Bonchev–Trinajstić information content (AvgIpc) is 2.61. The molecule has 0 saturated carbocycles. The van der Waals surface area contributed by atoms with Crippen molar-refractivity contribution in [1.82, 2.24) is 5.43 Å². The highest BCUT2D eigenvalue weighted by atomic mass is 19.1. The largest absolute Gasteiger partial charge is 0.507 e. The van der Waals surface area contributed by atoms with Crippen molar-refractivity contribution in [2.45, 2.75) is 13.3 Å². The lowest BCUT2D eigenvalue weighted by atomic mass is 10.2. The van der Waals surface area contributed by atoms with Crippen LogP contribution < -0.4 is 15.5 Å². The zero-order valence-corrected chi connectivity index (χ0v) is 13.8. The van der Waals surface area contributed by atoms with Gasteiger partial charge in [-0.1, -0.05) is 6.92 Å². The average molecular weight is 345 g/mol. The van der Waals surface area contributed by atoms with E-state index >= 15 is 0 Å². The zero-order valence-electron chi connectivity index (χ0n) is 13.8. The van der Waals surface area contributed by atoms with Gasteiger partial charge in [-0.15, -0.1) is 0 Å². The highest BCUT2D eigenvalue weighted by molar-refractivity contribution is 5.86. The molecule has 0 heterocycles. The maximum Gasteiger partial charge on any atom is 0.259 e. The molecule has 0 atom stereocenters. The van der Waals surface area contributed by atoms with Crippen molar-refractivity contribution in [3.63, 3.8) is 0 Å². The van der Waals surface area contributed by atoms with E-state index in [2.05, 4.69) is 15.8 Å². The van der Waals surface area contributed by atoms with Crippen molar-refractivity contribution >= 4 is 17.8 Å². The first-order valence-electron chi connectivity index (χ1n) is 7.85. The molecule has 0 aliphatic rings. The fraction of sp³-hybridized carbons (Fsp3) is 0.222. The summed E-state index contributed by atoms with van der Waals surface area (Å²) < 4.78 is 18.2. The normalized spacial score (nSPS) is 10.6. The number of aromatic hydroxyl groups is 1. The number of phenolic OH excluding ortho intramolecular Hbond substituents is 1. The number of carbonyl (C=O) groups is 1. The molecule has 0 aliphatic heterocycles. The van der Waals surface area contributed by atoms with Gasteiger partial charge in [0.2, 0.25) is 0 Å². The molecule has 1 amide bonds. The quantitative estimate of drug-likeness (QED) is 0.507. The summed E-state index contributed by atoms with van der Waals surface area (Å²) in [6.07, 6.45) is 2.22. The topological polar surface area (TPSA) is 83.0 Å². The van der Waals surface area contributed by atoms with E-state index in [0.717, 1.165) is 6.42 Å². The van der Waals surface area contributed by atoms with E-state index in [4.69, 9.17) is 4.74 Å². The van der Waals surface area contributed by atoms with Gasteiger partial charge >= 0.3 is 0 Å². The Labute approximate surface area is 145 Å². The maximum atomic E-state index is 12.8. The second-order valence-corrected chi connectivity index (χ2v) is 5.22. The van der Waals surface area contributed by atoms with Gasteiger partial charge in [-0.2, -0.15) is 5.10 Å². The van der Waals surface area contributed by atoms with Crippen LogP contribution in [0.1, 0.15) is 18.9 Å². The molecule has 3 N–H and O–H groups in total. The number of benzene rings is 2. The number of nitrogens with one attached hydrogen (secondary N) is 2. The molecule has 2 aromatic carbocycles. The van der Waals surface area contributed by atoms with Gasteiger partial charge in [0.25, 0.3) is 5.91 Å². The SMILES string of the molecule is CCCOc1ccc(C=NNC(=O)CNc2ccc(F)cc2)c(O)c1. The van der Waals surface area contributed by atoms with E-state index < -0.39 is 0 Å². The summed E-state index contributed by atoms with van der Waals surface area (Å²) in [5.74, 6) is -0.131. The van der Waals surface area contributed by atoms with Crippen molar-refractivity contribution in [3.05, 3.63) is 53.8 Å². The highest BCUT2D eigenvalue weighted by Gasteiger charge is 2.03. The smallest absolute Gasteiger partial charge is 0.259 e. The van der Waals surface area contributed by atoms with Crippen molar-refractivity contribution in [2.24, 2.45) is 5.10 Å². The van der Waals surface area contributed by atoms with Crippen molar-refractivity contribution in [1.29, 1.82) is 0 Å². The predicted molar refractivity (Wildman–Crippen MR) is 94.5 cm³/mol. The monoisotopic (exact) mass is 345 g/mol. The number of amides is 1. The fourth-order valence-electron chi connectivity index (χ4n) is 1.91. The Balaban J connectivity index is 1.81. The van der Waals surface area contributed by atoms with Gasteiger partial charge in [-0.05, 0) is 42.8 Å². The van der Waals surface area contributed by atoms with Crippen molar-refractivity contribution in [3.8, 4) is 11.5 Å². The molecule has 0 unspecified atom stereocenters. The Morgan fingerprint density at radius 1 is 1.28 bits per heavy atom. The molecule has 7 heteroatoms. The van der Waals surface area contributed by atoms with E-state index in [1.807, 2.05) is 6.92 Å². The van der Waals surface area contributed by atoms with Gasteiger partial charge in [0, 0.05) is 17.3 Å². The van der Waals surface area contributed by atoms with Crippen LogP contribution in [0, 0.1) is 5.82 Å². The zero-order chi connectivity index (χ0) is 18.1. The van der Waals surface area contributed by atoms with E-state index in [9.17, 15) is 14.3 Å². The van der Waals surface area contributed by atoms with E-state index in [-0.39, 0.29) is 24.0 Å². The lowest BCUT2D eigenvalue weighted by Gasteiger charge is -2.06. The molecule has 0 spiro atoms. The fourth-order valence-corrected chi connectivity index (χ4v) is 1.91. The number of hydrogen-bond donors (Lipinski definition) is 3. The molecule has 0 aliphatic carbocycles. The summed E-state index contributed by atoms with van der Waals surface area (Å²) in [5.41, 5.74) is 3.42. The van der Waals surface area contributed by atoms with Crippen LogP contribution in [0.5, 0.6) is 11.5 Å². The number of phenols is 1. The van der Waals surface area contributed by atoms with Crippen LogP contribution in [0.3, 0.4) is 0 Å². The summed E-state index contributed by atoms with van der Waals surface area (Å²) >= 11 is 0. The van der Waals surface area contributed by atoms with E-state index in [1.54, 1.807) is 12.1 Å². The number of rotatable bonds is 8. The number of nitrogens with zero attached hydrogens (tertiary/aromatic N) is 1. The van der Waals surface area contributed by atoms with Crippen LogP contribution in [0.2, 0.25) is 0 Å². The van der Waals surface area contributed by atoms with E-state index in [0.29, 0.717) is 23.6 Å². The number of hydrogen-bond acceptors (Lipinski definition) is 5. The number of halogens is 1. The molecule has 0 saturated heterocycles. The number of hydrazone groups is 1. The lowest BCUT2D eigenvalue weighted by molar-refractivity contribution is -0.119. The van der Waals surface area contributed by atoms with Crippen LogP contribution in [0.15, 0.2) is 47.6 Å². The Hall–Kier alpha value is -3.09. The van der Waals surface area contributed by atoms with Crippen LogP contribution in [-0.2, 0) is 4.79 Å². The number of anilines is 1. The van der Waals surface area contributed by atoms with Crippen LogP contribution in [0.25, 0.3) is 0 Å². The Morgan fingerprint density at radius 2 is 2.04 bits per heavy atom. The maximum absolute atomic E-state index is 12.8. The first kappa shape index (κ1) is 18.3. The Kier molecular flexibility index (Phi) is 6.76. The molecule has 2 rings (SSSR count). The highest BCUT2D eigenvalue weighted by Crippen LogP contribution is 2.22. The molecule has 132 valence electrons. The second-order valence-electron chi connectivity index (χ2n) is 5.22. The first-order valence-corrected chi connectivity index (χ1v) is 7.85. The summed E-state index contributed by atoms with van der Waals surface area (Å²) in [7, 11) is 0. The second kappa shape index (κ2) is 9.27. The predicted octanol–water partition coefficient (Wildman–Crippen LogP) is 2.88. The third kappa shape index (κ3) is 6.14. The Bertz CT molecular complexity index is 733. The summed E-state index contributed by atoms with van der Waals surface area (Å²) in [5, 5.41) is 16.5. The third-order valence-electron chi connectivity index (χ3n) is 3.16. The van der Waals surface area contributed by atoms with Gasteiger partial charge < -0.3 is 15.2 Å². The van der Waals surface area contributed by atoms with Gasteiger partial charge in [-0.3, -0.25) is 4.79 Å². The minimum atomic E-state index is -0.372. The van der Waals surface area contributed by atoms with Crippen molar-refractivity contribution < 1.29 is 19.0 Å². The molecular weight excluding hydrogens is 325 g/mol. The third-order valence-corrected chi connectivity index (χ3v) is 3.16. The van der Waals surface area contributed by atoms with E-state index in [1.165, 1.54) is 36.5 Å². The van der Waals surface area contributed by atoms with Gasteiger partial charge in [0.05, 0.1) is 19.4 Å². The Morgan fingerprint density at radius 3 is 2.72 bits per heavy atom. The first-order chi connectivity index (χ1) is 12.1. The molecule has 0 aromatic heterocycles. The van der Waals surface area contributed by atoms with Crippen molar-refractivity contribution in [2.75, 3.05) is 18.5 Å². The molecule has 0 bridgehead atoms. The molecule has 25 heavy (non-hydrogen) atoms. The minimum absolute atomic E-state index is 0.0102. The summed E-state index contributed by atoms with van der Waals surface area (Å²) in [4.78, 5) is 11.7. The van der Waals surface area contributed by atoms with Gasteiger partial charge in [-0.25, -0.2) is 9.82 Å². The van der Waals surface area contributed by atoms with Gasteiger partial charge in [0.15, 0.2) is 0 Å². The van der Waals surface area contributed by atoms with Crippen LogP contribution in [0.4, 0.5) is 10.1 Å². The molecular formula is C18H20FN3O3. The molecule has 2 aromatic rings. The molecule has 0 radical (unpaired) electrons. The van der Waals surface area contributed by atoms with Gasteiger partial charge in [0.1, 0.15) is 17.3 Å². The van der Waals surface area contributed by atoms with Crippen LogP contribution in [-0.4, -0.2) is 30.4 Å². The number of carbonyl (C=O) groups excluding carboxylic acids is 1. The standard InChI is InChI=1S/C18H20FN3O3/c1-2-9-25-16-8-3-13(17(23)10-16)11-21-22-18(24)12-20-15-6-4-14(19)5-7-15/h3-8,10-11,20,23H,2,9,12H2,1H3,(H,22,24). The van der Waals surface area contributed by atoms with Crippen LogP contribution >= 0.6 is 0 Å².